The van der Waals surface area contributed by atoms with Gasteiger partial charge in [-0.2, -0.15) is 0 Å². The fourth-order valence-electron chi connectivity index (χ4n) is 6.27. The Morgan fingerprint density at radius 1 is 1.09 bits per heavy atom. The normalized spacial score (nSPS) is 38.6. The summed E-state index contributed by atoms with van der Waals surface area (Å²) in [7, 11) is 3.70. The Morgan fingerprint density at radius 3 is 2.65 bits per heavy atom. The van der Waals surface area contributed by atoms with Gasteiger partial charge in [0.2, 0.25) is 0 Å². The van der Waals surface area contributed by atoms with E-state index in [9.17, 15) is 0 Å². The Kier molecular flexibility index (Phi) is 3.72. The number of ether oxygens (including phenoxy) is 2. The molecule has 4 unspecified atom stereocenters. The van der Waals surface area contributed by atoms with Gasteiger partial charge in [-0.1, -0.05) is 13.0 Å². The third kappa shape index (κ3) is 2.17. The molecule has 0 bridgehead atoms. The predicted molar refractivity (Wildman–Crippen MR) is 93.1 cm³/mol. The van der Waals surface area contributed by atoms with Crippen LogP contribution in [0.1, 0.15) is 61.6 Å². The minimum atomic E-state index is 0.412. The number of rotatable bonds is 2. The van der Waals surface area contributed by atoms with Gasteiger partial charge in [0.1, 0.15) is 5.75 Å². The van der Waals surface area contributed by atoms with Crippen molar-refractivity contribution in [2.24, 2.45) is 17.3 Å². The van der Waals surface area contributed by atoms with Crippen LogP contribution in [0.5, 0.6) is 5.75 Å². The SMILES string of the molecule is COc1cc2c(cc1C)C1CC[C@]3(C)C(OC)CCC3C1CC2. The molecule has 2 nitrogen and oxygen atoms in total. The number of hydrogen-bond acceptors (Lipinski definition) is 2. The Hall–Kier alpha value is -1.02. The highest BCUT2D eigenvalue weighted by atomic mass is 16.5. The van der Waals surface area contributed by atoms with Crippen molar-refractivity contribution in [2.75, 3.05) is 14.2 Å². The number of fused-ring (bicyclic) bond motifs is 5. The molecule has 0 radical (unpaired) electrons. The van der Waals surface area contributed by atoms with Crippen molar-refractivity contribution >= 4 is 0 Å². The molecule has 3 aliphatic carbocycles. The van der Waals surface area contributed by atoms with Crippen LogP contribution in [-0.4, -0.2) is 20.3 Å². The molecule has 4 rings (SSSR count). The van der Waals surface area contributed by atoms with Crippen LogP contribution in [0.2, 0.25) is 0 Å². The third-order valence-corrected chi connectivity index (χ3v) is 7.44. The summed E-state index contributed by atoms with van der Waals surface area (Å²) in [6.07, 6.45) is 8.32. The molecule has 2 saturated carbocycles. The van der Waals surface area contributed by atoms with Gasteiger partial charge in [-0.15, -0.1) is 0 Å². The van der Waals surface area contributed by atoms with E-state index in [0.29, 0.717) is 11.5 Å². The molecule has 0 aromatic heterocycles. The van der Waals surface area contributed by atoms with E-state index in [1.165, 1.54) is 44.1 Å². The van der Waals surface area contributed by atoms with Crippen LogP contribution in [0.4, 0.5) is 0 Å². The van der Waals surface area contributed by atoms with Crippen molar-refractivity contribution in [2.45, 2.75) is 64.4 Å². The van der Waals surface area contributed by atoms with Crippen LogP contribution in [0.15, 0.2) is 12.1 Å². The van der Waals surface area contributed by atoms with Gasteiger partial charge in [0, 0.05) is 7.11 Å². The smallest absolute Gasteiger partial charge is 0.122 e. The van der Waals surface area contributed by atoms with E-state index in [4.69, 9.17) is 9.47 Å². The lowest BCUT2D eigenvalue weighted by molar-refractivity contribution is -0.0444. The molecule has 1 aromatic carbocycles. The molecule has 126 valence electrons. The summed E-state index contributed by atoms with van der Waals surface area (Å²) >= 11 is 0. The summed E-state index contributed by atoms with van der Waals surface area (Å²) in [4.78, 5) is 0. The zero-order chi connectivity index (χ0) is 16.2. The second-order valence-corrected chi connectivity index (χ2v) is 8.28. The van der Waals surface area contributed by atoms with Gasteiger partial charge < -0.3 is 9.47 Å². The molecule has 0 saturated heterocycles. The van der Waals surface area contributed by atoms with Crippen LogP contribution in [0.3, 0.4) is 0 Å². The van der Waals surface area contributed by atoms with Crippen LogP contribution in [-0.2, 0) is 11.2 Å². The Labute approximate surface area is 140 Å². The monoisotopic (exact) mass is 314 g/mol. The van der Waals surface area contributed by atoms with Gasteiger partial charge in [0.15, 0.2) is 0 Å². The van der Waals surface area contributed by atoms with Crippen molar-refractivity contribution < 1.29 is 9.47 Å². The highest BCUT2D eigenvalue weighted by molar-refractivity contribution is 5.45. The van der Waals surface area contributed by atoms with E-state index in [2.05, 4.69) is 26.0 Å². The minimum Gasteiger partial charge on any atom is -0.496 e. The van der Waals surface area contributed by atoms with E-state index in [-0.39, 0.29) is 0 Å². The molecule has 1 aromatic rings. The molecule has 0 spiro atoms. The Bertz CT molecular complexity index is 608. The first kappa shape index (κ1) is 15.5. The second kappa shape index (κ2) is 5.51. The summed E-state index contributed by atoms with van der Waals surface area (Å²) in [5.41, 5.74) is 4.87. The molecule has 0 heterocycles. The quantitative estimate of drug-likeness (QED) is 0.775. The zero-order valence-electron chi connectivity index (χ0n) is 15.0. The van der Waals surface area contributed by atoms with Crippen molar-refractivity contribution in [1.29, 1.82) is 0 Å². The highest BCUT2D eigenvalue weighted by Crippen LogP contribution is 2.61. The maximum Gasteiger partial charge on any atom is 0.122 e. The van der Waals surface area contributed by atoms with E-state index in [1.54, 1.807) is 18.2 Å². The van der Waals surface area contributed by atoms with Gasteiger partial charge in [0.25, 0.3) is 0 Å². The average molecular weight is 314 g/mol. The summed E-state index contributed by atoms with van der Waals surface area (Å²) < 4.78 is 11.4. The maximum absolute atomic E-state index is 5.87. The number of benzene rings is 1. The molecule has 5 atom stereocenters. The zero-order valence-corrected chi connectivity index (χ0v) is 15.0. The first-order valence-corrected chi connectivity index (χ1v) is 9.28. The molecule has 0 amide bonds. The van der Waals surface area contributed by atoms with Crippen molar-refractivity contribution in [1.82, 2.24) is 0 Å². The van der Waals surface area contributed by atoms with E-state index in [1.807, 2.05) is 7.11 Å². The standard InChI is InChI=1S/C21H30O2/c1-13-11-17-14(12-19(13)22-3)5-6-16-15(17)9-10-21(2)18(16)7-8-20(21)23-4/h11-12,15-16,18,20H,5-10H2,1-4H3/t15?,16?,18?,20?,21-/m0/s1. The predicted octanol–water partition coefficient (Wildman–Crippen LogP) is 4.87. The first-order valence-electron chi connectivity index (χ1n) is 9.28. The third-order valence-electron chi connectivity index (χ3n) is 7.44. The highest BCUT2D eigenvalue weighted by Gasteiger charge is 2.55. The lowest BCUT2D eigenvalue weighted by Crippen LogP contribution is -2.44. The first-order chi connectivity index (χ1) is 11.1. The fraction of sp³-hybridized carbons (Fsp3) is 0.714. The molecule has 0 N–H and O–H groups in total. The summed E-state index contributed by atoms with van der Waals surface area (Å²) in [5.74, 6) is 3.52. The minimum absolute atomic E-state index is 0.412. The molecule has 3 aliphatic rings. The summed E-state index contributed by atoms with van der Waals surface area (Å²) in [6, 6.07) is 4.73. The van der Waals surface area contributed by atoms with E-state index in [0.717, 1.165) is 23.5 Å². The summed E-state index contributed by atoms with van der Waals surface area (Å²) in [6.45, 7) is 4.69. The van der Waals surface area contributed by atoms with Crippen LogP contribution < -0.4 is 4.74 Å². The largest absolute Gasteiger partial charge is 0.496 e. The van der Waals surface area contributed by atoms with Gasteiger partial charge >= 0.3 is 0 Å². The number of methoxy groups -OCH3 is 2. The van der Waals surface area contributed by atoms with Crippen molar-refractivity contribution in [3.63, 3.8) is 0 Å². The lowest BCUT2D eigenvalue weighted by Gasteiger charge is -2.50. The maximum atomic E-state index is 5.87. The van der Waals surface area contributed by atoms with Crippen molar-refractivity contribution in [3.05, 3.63) is 28.8 Å². The molecular formula is C21H30O2. The van der Waals surface area contributed by atoms with Gasteiger partial charge in [-0.25, -0.2) is 0 Å². The van der Waals surface area contributed by atoms with E-state index < -0.39 is 0 Å². The van der Waals surface area contributed by atoms with Crippen molar-refractivity contribution in [3.8, 4) is 5.75 Å². The Morgan fingerprint density at radius 2 is 1.91 bits per heavy atom. The number of hydrogen-bond donors (Lipinski definition) is 0. The molecular weight excluding hydrogens is 284 g/mol. The number of aryl methyl sites for hydroxylation is 2. The van der Waals surface area contributed by atoms with Gasteiger partial charge in [-0.05, 0) is 91.4 Å². The second-order valence-electron chi connectivity index (χ2n) is 8.28. The lowest BCUT2D eigenvalue weighted by atomic mass is 9.55. The van der Waals surface area contributed by atoms with Gasteiger partial charge in [0.05, 0.1) is 13.2 Å². The van der Waals surface area contributed by atoms with Crippen LogP contribution >= 0.6 is 0 Å². The van der Waals surface area contributed by atoms with E-state index >= 15 is 0 Å². The van der Waals surface area contributed by atoms with Crippen LogP contribution in [0, 0.1) is 24.2 Å². The van der Waals surface area contributed by atoms with Crippen LogP contribution in [0.25, 0.3) is 0 Å². The molecule has 2 heteroatoms. The average Bonchev–Trinajstić information content (AvgIpc) is 2.90. The Balaban J connectivity index is 1.69. The topological polar surface area (TPSA) is 18.5 Å². The molecule has 0 aliphatic heterocycles. The summed E-state index contributed by atoms with van der Waals surface area (Å²) in [5, 5.41) is 0. The fourth-order valence-corrected chi connectivity index (χ4v) is 6.27. The molecule has 2 fully saturated rings. The van der Waals surface area contributed by atoms with Gasteiger partial charge in [-0.3, -0.25) is 0 Å². The molecule has 23 heavy (non-hydrogen) atoms.